The standard InChI is InChI=1S/C21H19NS2/c1-15-3-9-18(10-4-15)22(19-11-5-16(2)6-12-19)20-13-7-17(8-14-20)21(23)24/h3-14H,1-2H3,(H,23,24). The summed E-state index contributed by atoms with van der Waals surface area (Å²) < 4.78 is 0.610. The van der Waals surface area contributed by atoms with Gasteiger partial charge in [0.15, 0.2) is 0 Å². The number of thiol groups is 1. The van der Waals surface area contributed by atoms with Gasteiger partial charge in [-0.25, -0.2) is 0 Å². The summed E-state index contributed by atoms with van der Waals surface area (Å²) in [5.41, 5.74) is 6.81. The van der Waals surface area contributed by atoms with E-state index < -0.39 is 0 Å². The van der Waals surface area contributed by atoms with Crippen LogP contribution in [0.5, 0.6) is 0 Å². The number of hydrogen-bond donors (Lipinski definition) is 1. The molecule has 1 nitrogen and oxygen atoms in total. The summed E-state index contributed by atoms with van der Waals surface area (Å²) in [6, 6.07) is 25.3. The van der Waals surface area contributed by atoms with E-state index in [0.717, 1.165) is 22.6 Å². The molecule has 0 N–H and O–H groups in total. The van der Waals surface area contributed by atoms with Crippen molar-refractivity contribution in [3.8, 4) is 0 Å². The van der Waals surface area contributed by atoms with Crippen molar-refractivity contribution >= 4 is 46.1 Å². The fraction of sp³-hybridized carbons (Fsp3) is 0.0952. The fourth-order valence-corrected chi connectivity index (χ4v) is 2.87. The van der Waals surface area contributed by atoms with E-state index in [1.165, 1.54) is 11.1 Å². The predicted molar refractivity (Wildman–Crippen MR) is 111 cm³/mol. The average Bonchev–Trinajstić information content (AvgIpc) is 2.59. The molecular formula is C21H19NS2. The second-order valence-electron chi connectivity index (χ2n) is 5.86. The highest BCUT2D eigenvalue weighted by atomic mass is 32.1. The molecule has 3 heteroatoms. The SMILES string of the molecule is Cc1ccc(N(c2ccc(C)cc2)c2ccc(C(=S)S)cc2)cc1. The maximum atomic E-state index is 5.14. The van der Waals surface area contributed by atoms with E-state index in [9.17, 15) is 0 Å². The van der Waals surface area contributed by atoms with Gasteiger partial charge < -0.3 is 4.90 Å². The van der Waals surface area contributed by atoms with E-state index in [-0.39, 0.29) is 0 Å². The van der Waals surface area contributed by atoms with Crippen molar-refractivity contribution in [1.29, 1.82) is 0 Å². The Hall–Kier alpha value is -2.10. The van der Waals surface area contributed by atoms with Crippen molar-refractivity contribution < 1.29 is 0 Å². The summed E-state index contributed by atoms with van der Waals surface area (Å²) in [5.74, 6) is 0. The molecule has 0 radical (unpaired) electrons. The van der Waals surface area contributed by atoms with Crippen molar-refractivity contribution in [2.24, 2.45) is 0 Å². The lowest BCUT2D eigenvalue weighted by Crippen LogP contribution is -2.10. The Morgan fingerprint density at radius 2 is 1.00 bits per heavy atom. The lowest BCUT2D eigenvalue weighted by molar-refractivity contribution is 1.27. The molecule has 0 aliphatic heterocycles. The molecule has 0 saturated carbocycles. The van der Waals surface area contributed by atoms with Gasteiger partial charge in [-0.2, -0.15) is 0 Å². The third-order valence-corrected chi connectivity index (χ3v) is 4.45. The number of rotatable bonds is 4. The molecule has 0 aliphatic rings. The number of hydrogen-bond acceptors (Lipinski definition) is 2. The Labute approximate surface area is 154 Å². The minimum Gasteiger partial charge on any atom is -0.311 e. The summed E-state index contributed by atoms with van der Waals surface area (Å²) in [6.07, 6.45) is 0. The molecule has 0 bridgehead atoms. The van der Waals surface area contributed by atoms with E-state index in [1.807, 2.05) is 12.1 Å². The summed E-state index contributed by atoms with van der Waals surface area (Å²) in [5, 5.41) is 0. The molecule has 0 saturated heterocycles. The first-order chi connectivity index (χ1) is 11.5. The molecule has 0 amide bonds. The van der Waals surface area contributed by atoms with Crippen LogP contribution in [0.3, 0.4) is 0 Å². The zero-order valence-corrected chi connectivity index (χ0v) is 15.4. The van der Waals surface area contributed by atoms with Gasteiger partial charge in [0, 0.05) is 17.1 Å². The number of anilines is 3. The molecule has 0 unspecified atom stereocenters. The van der Waals surface area contributed by atoms with E-state index in [2.05, 4.69) is 92.0 Å². The molecule has 0 atom stereocenters. The van der Waals surface area contributed by atoms with Gasteiger partial charge in [-0.1, -0.05) is 59.7 Å². The molecule has 0 aliphatic carbocycles. The predicted octanol–water partition coefficient (Wildman–Crippen LogP) is 6.38. The van der Waals surface area contributed by atoms with Crippen LogP contribution in [-0.4, -0.2) is 4.20 Å². The van der Waals surface area contributed by atoms with Crippen molar-refractivity contribution in [3.05, 3.63) is 89.5 Å². The molecule has 3 aromatic rings. The monoisotopic (exact) mass is 349 g/mol. The summed E-state index contributed by atoms with van der Waals surface area (Å²) in [6.45, 7) is 4.20. The number of aryl methyl sites for hydroxylation is 2. The number of thiocarbonyl (C=S) groups is 1. The van der Waals surface area contributed by atoms with Gasteiger partial charge >= 0.3 is 0 Å². The van der Waals surface area contributed by atoms with Crippen LogP contribution < -0.4 is 4.90 Å². The van der Waals surface area contributed by atoms with Crippen molar-refractivity contribution in [2.75, 3.05) is 4.90 Å². The first kappa shape index (κ1) is 16.7. The zero-order valence-electron chi connectivity index (χ0n) is 13.7. The van der Waals surface area contributed by atoms with E-state index in [4.69, 9.17) is 12.2 Å². The van der Waals surface area contributed by atoms with E-state index in [1.54, 1.807) is 0 Å². The van der Waals surface area contributed by atoms with Crippen molar-refractivity contribution in [3.63, 3.8) is 0 Å². The quantitative estimate of drug-likeness (QED) is 0.430. The summed E-state index contributed by atoms with van der Waals surface area (Å²) in [4.78, 5) is 2.24. The van der Waals surface area contributed by atoms with Gasteiger partial charge in [0.2, 0.25) is 0 Å². The van der Waals surface area contributed by atoms with Crippen LogP contribution in [0.2, 0.25) is 0 Å². The van der Waals surface area contributed by atoms with Crippen molar-refractivity contribution in [2.45, 2.75) is 13.8 Å². The minimum absolute atomic E-state index is 0.610. The maximum absolute atomic E-state index is 5.14. The number of benzene rings is 3. The van der Waals surface area contributed by atoms with Crippen LogP contribution in [0.1, 0.15) is 16.7 Å². The van der Waals surface area contributed by atoms with Gasteiger partial charge in [-0.15, -0.1) is 12.6 Å². The highest BCUT2D eigenvalue weighted by Gasteiger charge is 2.12. The molecule has 0 spiro atoms. The Morgan fingerprint density at radius 1 is 0.667 bits per heavy atom. The summed E-state index contributed by atoms with van der Waals surface area (Å²) >= 11 is 9.39. The van der Waals surface area contributed by atoms with Gasteiger partial charge in [-0.3, -0.25) is 0 Å². The molecule has 0 fully saturated rings. The van der Waals surface area contributed by atoms with Crippen LogP contribution in [-0.2, 0) is 0 Å². The maximum Gasteiger partial charge on any atom is 0.0747 e. The van der Waals surface area contributed by atoms with E-state index >= 15 is 0 Å². The van der Waals surface area contributed by atoms with Crippen LogP contribution in [0.25, 0.3) is 0 Å². The van der Waals surface area contributed by atoms with Crippen molar-refractivity contribution in [1.82, 2.24) is 0 Å². The van der Waals surface area contributed by atoms with Crippen LogP contribution >= 0.6 is 24.8 Å². The third-order valence-electron chi connectivity index (χ3n) is 3.96. The van der Waals surface area contributed by atoms with Crippen LogP contribution in [0.15, 0.2) is 72.8 Å². The topological polar surface area (TPSA) is 3.24 Å². The lowest BCUT2D eigenvalue weighted by atomic mass is 10.1. The molecule has 0 heterocycles. The smallest absolute Gasteiger partial charge is 0.0747 e. The average molecular weight is 350 g/mol. The first-order valence-corrected chi connectivity index (χ1v) is 8.67. The molecule has 3 aromatic carbocycles. The zero-order chi connectivity index (χ0) is 17.1. The Bertz CT molecular complexity index is 789. The normalized spacial score (nSPS) is 10.5. The Balaban J connectivity index is 2.08. The van der Waals surface area contributed by atoms with Gasteiger partial charge in [-0.05, 0) is 55.8 Å². The minimum atomic E-state index is 0.610. The Morgan fingerprint density at radius 3 is 1.33 bits per heavy atom. The van der Waals surface area contributed by atoms with E-state index in [0.29, 0.717) is 4.20 Å². The molecule has 120 valence electrons. The highest BCUT2D eigenvalue weighted by Crippen LogP contribution is 2.34. The van der Waals surface area contributed by atoms with Gasteiger partial charge in [0.05, 0.1) is 4.20 Å². The van der Waals surface area contributed by atoms with Crippen LogP contribution in [0.4, 0.5) is 17.1 Å². The highest BCUT2D eigenvalue weighted by molar-refractivity contribution is 8.11. The molecule has 3 rings (SSSR count). The molecule has 24 heavy (non-hydrogen) atoms. The lowest BCUT2D eigenvalue weighted by Gasteiger charge is -2.26. The number of nitrogens with zero attached hydrogens (tertiary/aromatic N) is 1. The second-order valence-corrected chi connectivity index (χ2v) is 7.02. The fourth-order valence-electron chi connectivity index (χ4n) is 2.59. The van der Waals surface area contributed by atoms with Gasteiger partial charge in [0.25, 0.3) is 0 Å². The molecular weight excluding hydrogens is 330 g/mol. The second kappa shape index (κ2) is 7.20. The first-order valence-electron chi connectivity index (χ1n) is 7.81. The Kier molecular flexibility index (Phi) is 5.03. The van der Waals surface area contributed by atoms with Gasteiger partial charge in [0.1, 0.15) is 0 Å². The molecule has 0 aromatic heterocycles. The third kappa shape index (κ3) is 3.69. The summed E-state index contributed by atoms with van der Waals surface area (Å²) in [7, 11) is 0. The largest absolute Gasteiger partial charge is 0.311 e. The van der Waals surface area contributed by atoms with Crippen LogP contribution in [0, 0.1) is 13.8 Å².